The first kappa shape index (κ1) is 17.7. The highest BCUT2D eigenvalue weighted by Gasteiger charge is 2.41. The van der Waals surface area contributed by atoms with Gasteiger partial charge in [0.2, 0.25) is 0 Å². The molecule has 0 unspecified atom stereocenters. The Morgan fingerprint density at radius 1 is 1.23 bits per heavy atom. The zero-order valence-electron chi connectivity index (χ0n) is 13.8. The molecule has 0 N–H and O–H groups in total. The lowest BCUT2D eigenvalue weighted by molar-refractivity contribution is -0.385. The topological polar surface area (TPSA) is 124 Å². The Morgan fingerprint density at radius 2 is 2.00 bits per heavy atom. The summed E-state index contributed by atoms with van der Waals surface area (Å²) in [6.45, 7) is -0.261. The highest BCUT2D eigenvalue weighted by Crippen LogP contribution is 2.30. The molecule has 9 nitrogen and oxygen atoms in total. The number of nitro benzene ring substituents is 1. The number of benzene rings is 1. The quantitative estimate of drug-likeness (QED) is 0.338. The highest BCUT2D eigenvalue weighted by atomic mass is 16.6. The van der Waals surface area contributed by atoms with E-state index < -0.39 is 34.5 Å². The van der Waals surface area contributed by atoms with E-state index in [9.17, 15) is 29.3 Å². The van der Waals surface area contributed by atoms with Crippen LogP contribution in [0.4, 0.5) is 5.69 Å². The first-order valence-corrected chi connectivity index (χ1v) is 8.26. The van der Waals surface area contributed by atoms with Crippen molar-refractivity contribution in [3.8, 4) is 0 Å². The van der Waals surface area contributed by atoms with Crippen LogP contribution in [0.1, 0.15) is 52.8 Å². The lowest BCUT2D eigenvalue weighted by atomic mass is 9.96. The molecule has 26 heavy (non-hydrogen) atoms. The van der Waals surface area contributed by atoms with E-state index in [2.05, 4.69) is 0 Å². The number of ketones is 1. The fraction of sp³-hybridized carbons (Fsp3) is 0.412. The number of hydrogen-bond donors (Lipinski definition) is 0. The molecular formula is C17H16N2O7. The summed E-state index contributed by atoms with van der Waals surface area (Å²) in [5.74, 6) is -2.30. The molecule has 1 saturated carbocycles. The molecule has 2 aliphatic rings. The minimum atomic E-state index is -0.807. The Morgan fingerprint density at radius 3 is 2.69 bits per heavy atom. The molecule has 0 aromatic heterocycles. The maximum Gasteiger partial charge on any atom is 0.308 e. The van der Waals surface area contributed by atoms with E-state index in [1.165, 1.54) is 12.1 Å². The Kier molecular flexibility index (Phi) is 4.79. The van der Waals surface area contributed by atoms with Crippen molar-refractivity contribution in [1.82, 2.24) is 4.90 Å². The second kappa shape index (κ2) is 7.03. The molecule has 136 valence electrons. The van der Waals surface area contributed by atoms with Crippen LogP contribution in [0, 0.1) is 10.1 Å². The molecule has 1 aliphatic carbocycles. The van der Waals surface area contributed by atoms with Crippen molar-refractivity contribution in [2.24, 2.45) is 0 Å². The average molecular weight is 360 g/mol. The smallest absolute Gasteiger partial charge is 0.308 e. The van der Waals surface area contributed by atoms with Crippen LogP contribution in [-0.4, -0.2) is 46.0 Å². The van der Waals surface area contributed by atoms with Crippen LogP contribution in [-0.2, 0) is 14.3 Å². The predicted octanol–water partition coefficient (Wildman–Crippen LogP) is 1.64. The van der Waals surface area contributed by atoms with Gasteiger partial charge in [-0.1, -0.05) is 6.07 Å². The van der Waals surface area contributed by atoms with Crippen LogP contribution in [0.3, 0.4) is 0 Å². The van der Waals surface area contributed by atoms with Crippen LogP contribution in [0.25, 0.3) is 0 Å². The number of Topliss-reactive ketones (excluding diaryl/α,β-unsaturated/α-hetero) is 1. The van der Waals surface area contributed by atoms with Crippen molar-refractivity contribution < 1.29 is 28.8 Å². The Bertz CT molecular complexity index is 817. The summed E-state index contributed by atoms with van der Waals surface area (Å²) in [6.07, 6.45) is 1.39. The van der Waals surface area contributed by atoms with Crippen LogP contribution in [0.2, 0.25) is 0 Å². The van der Waals surface area contributed by atoms with Crippen LogP contribution < -0.4 is 0 Å². The summed E-state index contributed by atoms with van der Waals surface area (Å²) in [7, 11) is 0. The minimum absolute atomic E-state index is 0.0555. The predicted molar refractivity (Wildman–Crippen MR) is 86.4 cm³/mol. The van der Waals surface area contributed by atoms with Crippen molar-refractivity contribution in [2.45, 2.75) is 38.2 Å². The molecule has 1 aliphatic heterocycles. The number of fused-ring (bicyclic) bond motifs is 1. The molecule has 1 atom stereocenters. The first-order chi connectivity index (χ1) is 12.4. The van der Waals surface area contributed by atoms with Crippen molar-refractivity contribution >= 4 is 29.3 Å². The van der Waals surface area contributed by atoms with Crippen molar-refractivity contribution in [3.63, 3.8) is 0 Å². The number of hydrogen-bond acceptors (Lipinski definition) is 7. The number of amides is 2. The van der Waals surface area contributed by atoms with Gasteiger partial charge in [0.1, 0.15) is 5.56 Å². The number of rotatable bonds is 5. The fourth-order valence-electron chi connectivity index (χ4n) is 3.17. The van der Waals surface area contributed by atoms with Gasteiger partial charge in [-0.3, -0.25) is 34.2 Å². The summed E-state index contributed by atoms with van der Waals surface area (Å²) in [5, 5.41) is 11.1. The Balaban J connectivity index is 1.66. The van der Waals surface area contributed by atoms with E-state index in [-0.39, 0.29) is 29.9 Å². The van der Waals surface area contributed by atoms with Gasteiger partial charge < -0.3 is 4.74 Å². The van der Waals surface area contributed by atoms with Crippen molar-refractivity contribution in [1.29, 1.82) is 0 Å². The number of ether oxygens (including phenoxy) is 1. The van der Waals surface area contributed by atoms with E-state index in [4.69, 9.17) is 4.74 Å². The maximum atomic E-state index is 12.4. The molecule has 0 saturated heterocycles. The van der Waals surface area contributed by atoms with E-state index in [1.54, 1.807) is 0 Å². The normalized spacial score (nSPS) is 19.5. The molecule has 1 heterocycles. The number of carbonyl (C=O) groups excluding carboxylic acids is 4. The van der Waals surface area contributed by atoms with Gasteiger partial charge in [-0.25, -0.2) is 0 Å². The molecule has 1 fully saturated rings. The monoisotopic (exact) mass is 360 g/mol. The summed E-state index contributed by atoms with van der Waals surface area (Å²) in [4.78, 5) is 59.4. The standard InChI is InChI=1S/C17H16N2O7/c20-12-6-1-2-7-13(12)26-14(21)8-9-18-16(22)10-4-3-5-11(19(24)25)15(10)17(18)23/h3-5,13H,1-2,6-9H2/t13-/m0/s1. The number of carbonyl (C=O) groups is 4. The molecule has 2 amide bonds. The van der Waals surface area contributed by atoms with Gasteiger partial charge in [0, 0.05) is 19.0 Å². The Hall–Kier alpha value is -3.10. The van der Waals surface area contributed by atoms with E-state index in [0.29, 0.717) is 12.8 Å². The second-order valence-corrected chi connectivity index (χ2v) is 6.16. The van der Waals surface area contributed by atoms with Gasteiger partial charge in [-0.2, -0.15) is 0 Å². The lowest BCUT2D eigenvalue weighted by Gasteiger charge is -2.21. The third-order valence-electron chi connectivity index (χ3n) is 4.49. The number of imide groups is 1. The van der Waals surface area contributed by atoms with E-state index in [1.807, 2.05) is 0 Å². The molecular weight excluding hydrogens is 344 g/mol. The van der Waals surface area contributed by atoms with Crippen molar-refractivity contribution in [3.05, 3.63) is 39.4 Å². The fourth-order valence-corrected chi connectivity index (χ4v) is 3.17. The molecule has 0 radical (unpaired) electrons. The van der Waals surface area contributed by atoms with Gasteiger partial charge in [0.15, 0.2) is 11.9 Å². The van der Waals surface area contributed by atoms with Gasteiger partial charge in [0.25, 0.3) is 17.5 Å². The number of nitrogens with zero attached hydrogens (tertiary/aromatic N) is 2. The van der Waals surface area contributed by atoms with Gasteiger partial charge in [-0.05, 0) is 25.3 Å². The summed E-state index contributed by atoms with van der Waals surface area (Å²) < 4.78 is 5.13. The lowest BCUT2D eigenvalue weighted by Crippen LogP contribution is -2.34. The van der Waals surface area contributed by atoms with Gasteiger partial charge in [0.05, 0.1) is 16.9 Å². The largest absolute Gasteiger partial charge is 0.454 e. The number of esters is 1. The summed E-state index contributed by atoms with van der Waals surface area (Å²) in [5.41, 5.74) is -0.767. The zero-order chi connectivity index (χ0) is 18.8. The van der Waals surface area contributed by atoms with Gasteiger partial charge >= 0.3 is 5.97 Å². The molecule has 0 spiro atoms. The Labute approximate surface area is 148 Å². The highest BCUT2D eigenvalue weighted by molar-refractivity contribution is 6.23. The third kappa shape index (κ3) is 3.19. The molecule has 1 aromatic rings. The molecule has 3 rings (SSSR count). The summed E-state index contributed by atoms with van der Waals surface area (Å²) in [6, 6.07) is 3.81. The molecule has 9 heteroatoms. The summed E-state index contributed by atoms with van der Waals surface area (Å²) >= 11 is 0. The van der Waals surface area contributed by atoms with E-state index in [0.717, 1.165) is 23.8 Å². The SMILES string of the molecule is O=C(CCN1C(=O)c2cccc([N+](=O)[O-])c2C1=O)O[C@H]1CCCCC1=O. The average Bonchev–Trinajstić information content (AvgIpc) is 2.86. The molecule has 1 aromatic carbocycles. The van der Waals surface area contributed by atoms with Crippen LogP contribution in [0.5, 0.6) is 0 Å². The zero-order valence-corrected chi connectivity index (χ0v) is 13.8. The van der Waals surface area contributed by atoms with E-state index >= 15 is 0 Å². The van der Waals surface area contributed by atoms with Gasteiger partial charge in [-0.15, -0.1) is 0 Å². The minimum Gasteiger partial charge on any atom is -0.454 e. The van der Waals surface area contributed by atoms with Crippen molar-refractivity contribution in [2.75, 3.05) is 6.54 Å². The van der Waals surface area contributed by atoms with Crippen LogP contribution in [0.15, 0.2) is 18.2 Å². The maximum absolute atomic E-state index is 12.4. The second-order valence-electron chi connectivity index (χ2n) is 6.16. The first-order valence-electron chi connectivity index (χ1n) is 8.26. The molecule has 0 bridgehead atoms. The third-order valence-corrected chi connectivity index (χ3v) is 4.49. The van der Waals surface area contributed by atoms with Crippen LogP contribution >= 0.6 is 0 Å². The number of nitro groups is 1.